The van der Waals surface area contributed by atoms with Crippen LogP contribution >= 0.6 is 23.4 Å². The second-order valence-electron chi connectivity index (χ2n) is 6.31. The SMILES string of the molecule is Cc1ccc(CNC(=O)C(C)Sc2nnc(-c3ccccc3Cl)n2C)cc1. The van der Waals surface area contributed by atoms with Gasteiger partial charge in [0.05, 0.1) is 10.3 Å². The van der Waals surface area contributed by atoms with Gasteiger partial charge in [-0.05, 0) is 31.5 Å². The standard InChI is InChI=1S/C20H21ClN4OS/c1-13-8-10-15(11-9-13)12-22-19(26)14(2)27-20-24-23-18(25(20)3)16-6-4-5-7-17(16)21/h4-11,14H,12H2,1-3H3,(H,22,26). The zero-order chi connectivity index (χ0) is 19.4. The molecular weight excluding hydrogens is 380 g/mol. The van der Waals surface area contributed by atoms with E-state index in [0.717, 1.165) is 11.1 Å². The third kappa shape index (κ3) is 4.70. The highest BCUT2D eigenvalue weighted by atomic mass is 35.5. The number of carbonyl (C=O) groups excluding carboxylic acids is 1. The number of nitrogens with one attached hydrogen (secondary N) is 1. The van der Waals surface area contributed by atoms with Gasteiger partial charge in [0.15, 0.2) is 11.0 Å². The van der Waals surface area contributed by atoms with E-state index in [1.54, 1.807) is 0 Å². The summed E-state index contributed by atoms with van der Waals surface area (Å²) in [6.07, 6.45) is 0. The van der Waals surface area contributed by atoms with Gasteiger partial charge in [-0.15, -0.1) is 10.2 Å². The number of hydrogen-bond acceptors (Lipinski definition) is 4. The largest absolute Gasteiger partial charge is 0.351 e. The molecule has 3 rings (SSSR count). The van der Waals surface area contributed by atoms with E-state index >= 15 is 0 Å². The molecule has 0 radical (unpaired) electrons. The fourth-order valence-electron chi connectivity index (χ4n) is 2.55. The molecule has 0 fully saturated rings. The van der Waals surface area contributed by atoms with Crippen LogP contribution in [0.1, 0.15) is 18.1 Å². The maximum absolute atomic E-state index is 12.4. The number of aromatic nitrogens is 3. The summed E-state index contributed by atoms with van der Waals surface area (Å²) < 4.78 is 1.86. The summed E-state index contributed by atoms with van der Waals surface area (Å²) in [6.45, 7) is 4.41. The molecule has 27 heavy (non-hydrogen) atoms. The van der Waals surface area contributed by atoms with Gasteiger partial charge in [-0.3, -0.25) is 4.79 Å². The normalized spacial score (nSPS) is 12.0. The van der Waals surface area contributed by atoms with Crippen molar-refractivity contribution >= 4 is 29.3 Å². The predicted octanol–water partition coefficient (Wildman–Crippen LogP) is 4.24. The summed E-state index contributed by atoms with van der Waals surface area (Å²) >= 11 is 7.62. The lowest BCUT2D eigenvalue weighted by molar-refractivity contribution is -0.120. The molecule has 140 valence electrons. The number of halogens is 1. The molecule has 0 bridgehead atoms. The van der Waals surface area contributed by atoms with Crippen molar-refractivity contribution in [2.24, 2.45) is 7.05 Å². The van der Waals surface area contributed by atoms with Crippen molar-refractivity contribution in [3.05, 3.63) is 64.7 Å². The Labute approximate surface area is 168 Å². The van der Waals surface area contributed by atoms with Gasteiger partial charge in [0, 0.05) is 19.2 Å². The zero-order valence-electron chi connectivity index (χ0n) is 15.4. The second-order valence-corrected chi connectivity index (χ2v) is 8.02. The highest BCUT2D eigenvalue weighted by Gasteiger charge is 2.20. The van der Waals surface area contributed by atoms with E-state index in [4.69, 9.17) is 11.6 Å². The molecular formula is C20H21ClN4OS. The fourth-order valence-corrected chi connectivity index (χ4v) is 3.60. The molecule has 0 aliphatic carbocycles. The molecule has 7 heteroatoms. The van der Waals surface area contributed by atoms with Crippen LogP contribution in [-0.2, 0) is 18.4 Å². The number of benzene rings is 2. The Kier molecular flexibility index (Phi) is 6.19. The first kappa shape index (κ1) is 19.5. The topological polar surface area (TPSA) is 59.8 Å². The number of carbonyl (C=O) groups is 1. The minimum absolute atomic E-state index is 0.0390. The van der Waals surface area contributed by atoms with E-state index in [0.29, 0.717) is 22.5 Å². The van der Waals surface area contributed by atoms with Crippen LogP contribution in [0, 0.1) is 6.92 Å². The minimum Gasteiger partial charge on any atom is -0.351 e. The van der Waals surface area contributed by atoms with Crippen LogP contribution in [0.5, 0.6) is 0 Å². The molecule has 3 aromatic rings. The number of amides is 1. The van der Waals surface area contributed by atoms with E-state index in [9.17, 15) is 4.79 Å². The maximum atomic E-state index is 12.4. The molecule has 0 aliphatic heterocycles. The van der Waals surface area contributed by atoms with Gasteiger partial charge in [-0.2, -0.15) is 0 Å². The van der Waals surface area contributed by atoms with Crippen molar-refractivity contribution in [2.45, 2.75) is 30.8 Å². The van der Waals surface area contributed by atoms with Crippen LogP contribution in [0.2, 0.25) is 5.02 Å². The summed E-state index contributed by atoms with van der Waals surface area (Å²) in [5, 5.41) is 12.4. The lowest BCUT2D eigenvalue weighted by Gasteiger charge is -2.12. The van der Waals surface area contributed by atoms with E-state index in [1.807, 2.05) is 74.0 Å². The van der Waals surface area contributed by atoms with Gasteiger partial charge in [0.1, 0.15) is 0 Å². The minimum atomic E-state index is -0.294. The van der Waals surface area contributed by atoms with Gasteiger partial charge in [0.25, 0.3) is 0 Å². The molecule has 0 aliphatic rings. The Morgan fingerprint density at radius 3 is 2.59 bits per heavy atom. The lowest BCUT2D eigenvalue weighted by atomic mass is 10.1. The van der Waals surface area contributed by atoms with E-state index in [1.165, 1.54) is 17.3 Å². The Bertz CT molecular complexity index is 939. The first-order valence-corrected chi connectivity index (χ1v) is 9.85. The van der Waals surface area contributed by atoms with Crippen molar-refractivity contribution in [3.63, 3.8) is 0 Å². The fraction of sp³-hybridized carbons (Fsp3) is 0.250. The molecule has 0 saturated heterocycles. The number of hydrogen-bond donors (Lipinski definition) is 1. The van der Waals surface area contributed by atoms with Crippen molar-refractivity contribution in [1.29, 1.82) is 0 Å². The molecule has 1 unspecified atom stereocenters. The van der Waals surface area contributed by atoms with Crippen LogP contribution in [0.4, 0.5) is 0 Å². The Morgan fingerprint density at radius 1 is 1.19 bits per heavy atom. The van der Waals surface area contributed by atoms with Crippen molar-refractivity contribution in [1.82, 2.24) is 20.1 Å². The van der Waals surface area contributed by atoms with Crippen LogP contribution < -0.4 is 5.32 Å². The van der Waals surface area contributed by atoms with Crippen molar-refractivity contribution in [2.75, 3.05) is 0 Å². The zero-order valence-corrected chi connectivity index (χ0v) is 17.0. The quantitative estimate of drug-likeness (QED) is 0.628. The first-order valence-electron chi connectivity index (χ1n) is 8.60. The van der Waals surface area contributed by atoms with Crippen LogP contribution in [-0.4, -0.2) is 25.9 Å². The highest BCUT2D eigenvalue weighted by molar-refractivity contribution is 8.00. The molecule has 0 spiro atoms. The van der Waals surface area contributed by atoms with Crippen molar-refractivity contribution in [3.8, 4) is 11.4 Å². The van der Waals surface area contributed by atoms with Gasteiger partial charge in [-0.1, -0.05) is 65.3 Å². The monoisotopic (exact) mass is 400 g/mol. The molecule has 1 aromatic heterocycles. The number of aryl methyl sites for hydroxylation is 1. The third-order valence-electron chi connectivity index (χ3n) is 4.19. The van der Waals surface area contributed by atoms with Crippen molar-refractivity contribution < 1.29 is 4.79 Å². The second kappa shape index (κ2) is 8.59. The molecule has 1 atom stereocenters. The smallest absolute Gasteiger partial charge is 0.233 e. The number of rotatable bonds is 6. The van der Waals surface area contributed by atoms with Gasteiger partial charge < -0.3 is 9.88 Å². The van der Waals surface area contributed by atoms with E-state index < -0.39 is 0 Å². The summed E-state index contributed by atoms with van der Waals surface area (Å²) in [6, 6.07) is 15.6. The summed E-state index contributed by atoms with van der Waals surface area (Å²) in [7, 11) is 1.87. The maximum Gasteiger partial charge on any atom is 0.233 e. The van der Waals surface area contributed by atoms with Gasteiger partial charge in [0.2, 0.25) is 5.91 Å². The Hall–Kier alpha value is -2.31. The summed E-state index contributed by atoms with van der Waals surface area (Å²) in [5.41, 5.74) is 3.09. The molecule has 0 saturated carbocycles. The van der Waals surface area contributed by atoms with Gasteiger partial charge >= 0.3 is 0 Å². The van der Waals surface area contributed by atoms with E-state index in [2.05, 4.69) is 15.5 Å². The molecule has 1 N–H and O–H groups in total. The summed E-state index contributed by atoms with van der Waals surface area (Å²) in [5.74, 6) is 0.637. The number of thioether (sulfide) groups is 1. The third-order valence-corrected chi connectivity index (χ3v) is 5.65. The van der Waals surface area contributed by atoms with Gasteiger partial charge in [-0.25, -0.2) is 0 Å². The van der Waals surface area contributed by atoms with Crippen LogP contribution in [0.15, 0.2) is 53.7 Å². The average molecular weight is 401 g/mol. The highest BCUT2D eigenvalue weighted by Crippen LogP contribution is 2.29. The first-order chi connectivity index (χ1) is 13.0. The Balaban J connectivity index is 1.64. The summed E-state index contributed by atoms with van der Waals surface area (Å²) in [4.78, 5) is 12.4. The molecule has 5 nitrogen and oxygen atoms in total. The number of nitrogens with zero attached hydrogens (tertiary/aromatic N) is 3. The van der Waals surface area contributed by atoms with Crippen LogP contribution in [0.25, 0.3) is 11.4 Å². The van der Waals surface area contributed by atoms with Crippen LogP contribution in [0.3, 0.4) is 0 Å². The van der Waals surface area contributed by atoms with E-state index in [-0.39, 0.29) is 11.2 Å². The Morgan fingerprint density at radius 2 is 1.89 bits per heavy atom. The molecule has 1 heterocycles. The average Bonchev–Trinajstić information content (AvgIpc) is 3.01. The molecule has 1 amide bonds. The molecule has 2 aromatic carbocycles. The predicted molar refractivity (Wildman–Crippen MR) is 110 cm³/mol. The lowest BCUT2D eigenvalue weighted by Crippen LogP contribution is -2.30.